The van der Waals surface area contributed by atoms with E-state index in [2.05, 4.69) is 24.3 Å². The van der Waals surface area contributed by atoms with Gasteiger partial charge in [0, 0.05) is 5.92 Å². The van der Waals surface area contributed by atoms with E-state index in [-0.39, 0.29) is 18.6 Å². The maximum Gasteiger partial charge on any atom is 0.411 e. The molecule has 0 saturated carbocycles. The predicted molar refractivity (Wildman–Crippen MR) is 123 cm³/mol. The van der Waals surface area contributed by atoms with Gasteiger partial charge in [0.15, 0.2) is 0 Å². The zero-order valence-electron chi connectivity index (χ0n) is 18.3. The van der Waals surface area contributed by atoms with Gasteiger partial charge in [0.25, 0.3) is 0 Å². The number of amides is 1. The molecule has 0 aromatic heterocycles. The van der Waals surface area contributed by atoms with Crippen LogP contribution in [0.5, 0.6) is 5.75 Å². The predicted octanol–water partition coefficient (Wildman–Crippen LogP) is 5.23. The van der Waals surface area contributed by atoms with Crippen LogP contribution < -0.4 is 4.74 Å². The summed E-state index contributed by atoms with van der Waals surface area (Å²) in [6.45, 7) is 0.158. The third-order valence-corrected chi connectivity index (χ3v) is 6.72. The molecule has 1 heterocycles. The molecule has 1 N–H and O–H groups in total. The van der Waals surface area contributed by atoms with E-state index in [0.717, 1.165) is 27.8 Å². The molecule has 2 atom stereocenters. The van der Waals surface area contributed by atoms with Crippen LogP contribution in [0.1, 0.15) is 41.5 Å². The molecule has 0 unspecified atom stereocenters. The SMILES string of the molecule is COc1ccc([C@H]2CC[C@H](C(=O)O)N2C(=O)OCC2c3ccccc3-c3ccccc32)cc1. The van der Waals surface area contributed by atoms with Crippen LogP contribution in [0.15, 0.2) is 72.8 Å². The highest BCUT2D eigenvalue weighted by atomic mass is 16.6. The van der Waals surface area contributed by atoms with Crippen LogP contribution in [0.4, 0.5) is 4.79 Å². The fraction of sp³-hybridized carbons (Fsp3) is 0.259. The van der Waals surface area contributed by atoms with E-state index in [1.807, 2.05) is 48.5 Å². The zero-order valence-corrected chi connectivity index (χ0v) is 18.3. The molecule has 1 amide bonds. The molecule has 33 heavy (non-hydrogen) atoms. The van der Waals surface area contributed by atoms with Crippen molar-refractivity contribution in [1.29, 1.82) is 0 Å². The number of carboxylic acids is 1. The van der Waals surface area contributed by atoms with Crippen molar-refractivity contribution in [1.82, 2.24) is 4.90 Å². The molecule has 1 aliphatic heterocycles. The second-order valence-electron chi connectivity index (χ2n) is 8.43. The number of carbonyl (C=O) groups excluding carboxylic acids is 1. The first-order chi connectivity index (χ1) is 16.1. The standard InChI is InChI=1S/C27H25NO5/c1-32-18-12-10-17(11-13-18)24-14-15-25(26(29)30)28(24)27(31)33-16-23-21-8-4-2-6-19(21)20-7-3-5-9-22(20)23/h2-13,23-25H,14-16H2,1H3,(H,29,30)/t24-,25-/m1/s1. The van der Waals surface area contributed by atoms with Gasteiger partial charge in [0.05, 0.1) is 13.2 Å². The van der Waals surface area contributed by atoms with E-state index in [9.17, 15) is 14.7 Å². The number of nitrogens with zero attached hydrogens (tertiary/aromatic N) is 1. The van der Waals surface area contributed by atoms with Crippen molar-refractivity contribution < 1.29 is 24.2 Å². The lowest BCUT2D eigenvalue weighted by Crippen LogP contribution is -2.42. The monoisotopic (exact) mass is 443 g/mol. The minimum atomic E-state index is -1.01. The van der Waals surface area contributed by atoms with Crippen molar-refractivity contribution >= 4 is 12.1 Å². The molecular weight excluding hydrogens is 418 g/mol. The second kappa shape index (κ2) is 8.62. The molecule has 1 saturated heterocycles. The molecule has 0 bridgehead atoms. The molecule has 3 aromatic rings. The topological polar surface area (TPSA) is 76.1 Å². The fourth-order valence-electron chi connectivity index (χ4n) is 5.13. The largest absolute Gasteiger partial charge is 0.497 e. The Labute approximate surface area is 192 Å². The van der Waals surface area contributed by atoms with Gasteiger partial charge in [-0.15, -0.1) is 0 Å². The van der Waals surface area contributed by atoms with E-state index in [0.29, 0.717) is 18.6 Å². The Balaban J connectivity index is 1.39. The molecule has 2 aliphatic rings. The number of methoxy groups -OCH3 is 1. The maximum atomic E-state index is 13.3. The summed E-state index contributed by atoms with van der Waals surface area (Å²) >= 11 is 0. The molecule has 5 rings (SSSR count). The Morgan fingerprint density at radius 2 is 1.52 bits per heavy atom. The highest BCUT2D eigenvalue weighted by Gasteiger charge is 2.43. The maximum absolute atomic E-state index is 13.3. The number of hydrogen-bond acceptors (Lipinski definition) is 4. The van der Waals surface area contributed by atoms with E-state index >= 15 is 0 Å². The van der Waals surface area contributed by atoms with Crippen molar-refractivity contribution in [2.24, 2.45) is 0 Å². The molecule has 1 aliphatic carbocycles. The smallest absolute Gasteiger partial charge is 0.411 e. The van der Waals surface area contributed by atoms with Gasteiger partial charge >= 0.3 is 12.1 Å². The van der Waals surface area contributed by atoms with Gasteiger partial charge in [0.2, 0.25) is 0 Å². The molecule has 3 aromatic carbocycles. The summed E-state index contributed by atoms with van der Waals surface area (Å²) in [5.74, 6) is -0.384. The summed E-state index contributed by atoms with van der Waals surface area (Å²) in [7, 11) is 1.59. The molecule has 0 spiro atoms. The third kappa shape index (κ3) is 3.71. The average Bonchev–Trinajstić information content (AvgIpc) is 3.43. The highest BCUT2D eigenvalue weighted by molar-refractivity contribution is 5.82. The Kier molecular flexibility index (Phi) is 5.50. The van der Waals surface area contributed by atoms with Crippen molar-refractivity contribution in [2.45, 2.75) is 30.8 Å². The number of rotatable bonds is 5. The van der Waals surface area contributed by atoms with Crippen molar-refractivity contribution in [2.75, 3.05) is 13.7 Å². The molecular formula is C27H25NO5. The number of hydrogen-bond donors (Lipinski definition) is 1. The Hall–Kier alpha value is -3.80. The number of fused-ring (bicyclic) bond motifs is 3. The third-order valence-electron chi connectivity index (χ3n) is 6.72. The summed E-state index contributed by atoms with van der Waals surface area (Å²) in [6, 6.07) is 22.4. The van der Waals surface area contributed by atoms with Crippen LogP contribution in [0, 0.1) is 0 Å². The summed E-state index contributed by atoms with van der Waals surface area (Å²) in [6.07, 6.45) is 0.353. The van der Waals surface area contributed by atoms with Gasteiger partial charge in [0.1, 0.15) is 18.4 Å². The minimum Gasteiger partial charge on any atom is -0.497 e. The van der Waals surface area contributed by atoms with E-state index in [1.54, 1.807) is 7.11 Å². The number of carboxylic acid groups (broad SMARTS) is 1. The molecule has 6 heteroatoms. The van der Waals surface area contributed by atoms with Gasteiger partial charge in [-0.1, -0.05) is 60.7 Å². The lowest BCUT2D eigenvalue weighted by molar-refractivity contribution is -0.142. The van der Waals surface area contributed by atoms with Crippen LogP contribution in [0.3, 0.4) is 0 Å². The van der Waals surface area contributed by atoms with Crippen molar-refractivity contribution in [3.63, 3.8) is 0 Å². The van der Waals surface area contributed by atoms with E-state index in [4.69, 9.17) is 9.47 Å². The number of aliphatic carboxylic acids is 1. The van der Waals surface area contributed by atoms with Crippen LogP contribution in [0.2, 0.25) is 0 Å². The van der Waals surface area contributed by atoms with Crippen LogP contribution in [0.25, 0.3) is 11.1 Å². The average molecular weight is 443 g/mol. The van der Waals surface area contributed by atoms with E-state index in [1.165, 1.54) is 4.90 Å². The summed E-state index contributed by atoms with van der Waals surface area (Å²) in [5.41, 5.74) is 5.40. The summed E-state index contributed by atoms with van der Waals surface area (Å²) in [4.78, 5) is 26.6. The van der Waals surface area contributed by atoms with Crippen molar-refractivity contribution in [3.05, 3.63) is 89.5 Å². The minimum absolute atomic E-state index is 0.0772. The Bertz CT molecular complexity index is 1140. The van der Waals surface area contributed by atoms with Crippen LogP contribution >= 0.6 is 0 Å². The summed E-state index contributed by atoms with van der Waals surface area (Å²) < 4.78 is 11.0. The molecule has 6 nitrogen and oxygen atoms in total. The van der Waals surface area contributed by atoms with Gasteiger partial charge in [-0.2, -0.15) is 0 Å². The van der Waals surface area contributed by atoms with E-state index < -0.39 is 18.1 Å². The lowest BCUT2D eigenvalue weighted by atomic mass is 9.98. The zero-order chi connectivity index (χ0) is 22.9. The first kappa shape index (κ1) is 21.1. The van der Waals surface area contributed by atoms with Gasteiger partial charge in [-0.3, -0.25) is 4.90 Å². The van der Waals surface area contributed by atoms with Gasteiger partial charge in [-0.25, -0.2) is 9.59 Å². The van der Waals surface area contributed by atoms with Crippen LogP contribution in [-0.4, -0.2) is 41.8 Å². The number of ether oxygens (including phenoxy) is 2. The number of carbonyl (C=O) groups is 2. The normalized spacial score (nSPS) is 19.1. The van der Waals surface area contributed by atoms with Gasteiger partial charge < -0.3 is 14.6 Å². The highest BCUT2D eigenvalue weighted by Crippen LogP contribution is 2.45. The number of benzene rings is 3. The molecule has 168 valence electrons. The lowest BCUT2D eigenvalue weighted by Gasteiger charge is -2.28. The Morgan fingerprint density at radius 1 is 0.909 bits per heavy atom. The molecule has 1 fully saturated rings. The first-order valence-electron chi connectivity index (χ1n) is 11.1. The summed E-state index contributed by atoms with van der Waals surface area (Å²) in [5, 5.41) is 9.75. The fourth-order valence-corrected chi connectivity index (χ4v) is 5.13. The Morgan fingerprint density at radius 3 is 2.09 bits per heavy atom. The first-order valence-corrected chi connectivity index (χ1v) is 11.1. The quantitative estimate of drug-likeness (QED) is 0.584. The second-order valence-corrected chi connectivity index (χ2v) is 8.43. The van der Waals surface area contributed by atoms with Crippen LogP contribution in [-0.2, 0) is 9.53 Å². The van der Waals surface area contributed by atoms with Crippen molar-refractivity contribution in [3.8, 4) is 16.9 Å². The van der Waals surface area contributed by atoms with Gasteiger partial charge in [-0.05, 0) is 52.8 Å². The molecule has 0 radical (unpaired) electrons. The number of likely N-dealkylation sites (tertiary alicyclic amines) is 1.